The topological polar surface area (TPSA) is 69.9 Å². The molecule has 3 rings (SSSR count). The first-order valence-corrected chi connectivity index (χ1v) is 8.38. The van der Waals surface area contributed by atoms with Gasteiger partial charge in [-0.25, -0.2) is 4.79 Å². The fraction of sp³-hybridized carbons (Fsp3) is 0.250. The van der Waals surface area contributed by atoms with Crippen LogP contribution in [0.4, 0.5) is 0 Å². The average Bonchev–Trinajstić information content (AvgIpc) is 2.61. The second-order valence-electron chi connectivity index (χ2n) is 6.44. The Hall–Kier alpha value is -3.15. The van der Waals surface area contributed by atoms with Crippen LogP contribution in [-0.4, -0.2) is 22.0 Å². The fourth-order valence-electron chi connectivity index (χ4n) is 2.42. The summed E-state index contributed by atoms with van der Waals surface area (Å²) in [7, 11) is 0. The molecule has 0 atom stereocenters. The predicted molar refractivity (Wildman–Crippen MR) is 97.9 cm³/mol. The second kappa shape index (κ2) is 7.39. The van der Waals surface area contributed by atoms with E-state index in [4.69, 9.17) is 9.47 Å². The molecule has 0 saturated carbocycles. The highest BCUT2D eigenvalue weighted by atomic mass is 16.5. The van der Waals surface area contributed by atoms with E-state index in [2.05, 4.69) is 4.98 Å². The quantitative estimate of drug-likeness (QED) is 0.659. The van der Waals surface area contributed by atoms with Crippen molar-refractivity contribution in [3.8, 4) is 11.6 Å². The minimum Gasteiger partial charge on any atom is -0.493 e. The van der Waals surface area contributed by atoms with E-state index < -0.39 is 5.97 Å². The number of hydrogen-bond donors (Lipinski definition) is 0. The first kappa shape index (κ1) is 17.7. The van der Waals surface area contributed by atoms with Gasteiger partial charge in [-0.05, 0) is 42.7 Å². The normalized spacial score (nSPS) is 10.9. The average molecular weight is 352 g/mol. The number of pyridine rings is 1. The molecule has 0 unspecified atom stereocenters. The Kier molecular flexibility index (Phi) is 5.02. The van der Waals surface area contributed by atoms with E-state index in [-0.39, 0.29) is 11.4 Å². The smallest absolute Gasteiger partial charge is 0.344 e. The molecule has 0 radical (unpaired) electrons. The van der Waals surface area contributed by atoms with Crippen molar-refractivity contribution in [1.29, 1.82) is 0 Å². The molecule has 134 valence electrons. The van der Waals surface area contributed by atoms with E-state index in [1.165, 1.54) is 10.5 Å². The maximum atomic E-state index is 12.4. The minimum absolute atomic E-state index is 0.0252. The van der Waals surface area contributed by atoms with Gasteiger partial charge in [0, 0.05) is 6.20 Å². The van der Waals surface area contributed by atoms with Crippen molar-refractivity contribution in [1.82, 2.24) is 9.38 Å². The molecule has 0 saturated heterocycles. The van der Waals surface area contributed by atoms with Crippen LogP contribution in [-0.2, 0) is 0 Å². The number of carbonyl (C=O) groups excluding carboxylic acids is 1. The minimum atomic E-state index is -0.593. The number of rotatable bonds is 5. The highest BCUT2D eigenvalue weighted by Gasteiger charge is 2.13. The molecule has 0 amide bonds. The first-order valence-electron chi connectivity index (χ1n) is 8.38. The molecule has 6 heteroatoms. The number of fused-ring (bicyclic) bond motifs is 1. The molecule has 0 fully saturated rings. The Morgan fingerprint density at radius 1 is 1.19 bits per heavy atom. The summed E-state index contributed by atoms with van der Waals surface area (Å²) in [6, 6.07) is 11.5. The monoisotopic (exact) mass is 352 g/mol. The van der Waals surface area contributed by atoms with Crippen LogP contribution in [0.3, 0.4) is 0 Å². The number of nitrogens with zero attached hydrogens (tertiary/aromatic N) is 2. The summed E-state index contributed by atoms with van der Waals surface area (Å²) in [6.07, 6.45) is 1.62. The van der Waals surface area contributed by atoms with E-state index in [0.717, 1.165) is 5.56 Å². The SMILES string of the molecule is Cc1cccn2c(=O)cc(OC(=O)c3cccc(OCC(C)C)c3)nc12. The predicted octanol–water partition coefficient (Wildman–Crippen LogP) is 3.26. The summed E-state index contributed by atoms with van der Waals surface area (Å²) in [5.41, 5.74) is 1.29. The number of esters is 1. The Bertz CT molecular complexity index is 1010. The highest BCUT2D eigenvalue weighted by Crippen LogP contribution is 2.17. The Balaban J connectivity index is 1.84. The van der Waals surface area contributed by atoms with Crippen LogP contribution in [0.1, 0.15) is 29.8 Å². The molecule has 2 aromatic heterocycles. The van der Waals surface area contributed by atoms with E-state index in [0.29, 0.717) is 29.5 Å². The molecule has 1 aromatic carbocycles. The molecule has 0 bridgehead atoms. The van der Waals surface area contributed by atoms with Crippen molar-refractivity contribution in [2.75, 3.05) is 6.61 Å². The summed E-state index contributed by atoms with van der Waals surface area (Å²) in [5.74, 6) is 0.354. The molecule has 2 heterocycles. The number of ether oxygens (including phenoxy) is 2. The zero-order valence-electron chi connectivity index (χ0n) is 14.9. The van der Waals surface area contributed by atoms with Crippen LogP contribution in [0.5, 0.6) is 11.6 Å². The lowest BCUT2D eigenvalue weighted by Gasteiger charge is -2.10. The number of benzene rings is 1. The van der Waals surface area contributed by atoms with Gasteiger partial charge in [-0.15, -0.1) is 0 Å². The second-order valence-corrected chi connectivity index (χ2v) is 6.44. The van der Waals surface area contributed by atoms with E-state index >= 15 is 0 Å². The summed E-state index contributed by atoms with van der Waals surface area (Å²) in [6.45, 7) is 6.48. The lowest BCUT2D eigenvalue weighted by Crippen LogP contribution is -2.17. The summed E-state index contributed by atoms with van der Waals surface area (Å²) >= 11 is 0. The van der Waals surface area contributed by atoms with E-state index in [1.54, 1.807) is 36.5 Å². The first-order chi connectivity index (χ1) is 12.4. The van der Waals surface area contributed by atoms with E-state index in [1.807, 2.05) is 26.8 Å². The van der Waals surface area contributed by atoms with Crippen molar-refractivity contribution in [3.63, 3.8) is 0 Å². The van der Waals surface area contributed by atoms with Gasteiger partial charge in [-0.3, -0.25) is 9.20 Å². The van der Waals surface area contributed by atoms with Gasteiger partial charge in [-0.1, -0.05) is 26.0 Å². The van der Waals surface area contributed by atoms with Crippen molar-refractivity contribution in [3.05, 3.63) is 70.1 Å². The van der Waals surface area contributed by atoms with Gasteiger partial charge in [0.2, 0.25) is 5.88 Å². The van der Waals surface area contributed by atoms with Crippen molar-refractivity contribution in [2.24, 2.45) is 5.92 Å². The molecule has 0 spiro atoms. The van der Waals surface area contributed by atoms with Gasteiger partial charge in [0.25, 0.3) is 5.56 Å². The van der Waals surface area contributed by atoms with Crippen LogP contribution in [0, 0.1) is 12.8 Å². The van der Waals surface area contributed by atoms with Crippen LogP contribution >= 0.6 is 0 Å². The van der Waals surface area contributed by atoms with Gasteiger partial charge < -0.3 is 9.47 Å². The summed E-state index contributed by atoms with van der Waals surface area (Å²) in [5, 5.41) is 0. The molecular formula is C20H20N2O4. The van der Waals surface area contributed by atoms with Gasteiger partial charge in [0.05, 0.1) is 18.2 Å². The number of hydrogen-bond acceptors (Lipinski definition) is 5. The van der Waals surface area contributed by atoms with Gasteiger partial charge >= 0.3 is 5.97 Å². The standard InChI is InChI=1S/C20H20N2O4/c1-13(2)12-25-16-8-4-7-15(10-16)20(24)26-17-11-18(23)22-9-5-6-14(3)19(22)21-17/h4-11,13H,12H2,1-3H3. The van der Waals surface area contributed by atoms with Gasteiger partial charge in [0.15, 0.2) is 0 Å². The lowest BCUT2D eigenvalue weighted by molar-refractivity contribution is 0.0727. The third-order valence-electron chi connectivity index (χ3n) is 3.71. The lowest BCUT2D eigenvalue weighted by atomic mass is 10.2. The zero-order valence-corrected chi connectivity index (χ0v) is 14.9. The molecule has 0 aliphatic heterocycles. The fourth-order valence-corrected chi connectivity index (χ4v) is 2.42. The Morgan fingerprint density at radius 3 is 2.77 bits per heavy atom. The van der Waals surface area contributed by atoms with Crippen molar-refractivity contribution >= 4 is 11.6 Å². The van der Waals surface area contributed by atoms with Gasteiger partial charge in [-0.2, -0.15) is 4.98 Å². The van der Waals surface area contributed by atoms with Crippen LogP contribution in [0.25, 0.3) is 5.65 Å². The third kappa shape index (κ3) is 3.91. The molecule has 26 heavy (non-hydrogen) atoms. The molecule has 3 aromatic rings. The molecule has 0 aliphatic carbocycles. The van der Waals surface area contributed by atoms with Crippen LogP contribution in [0.2, 0.25) is 0 Å². The Labute approximate surface area is 151 Å². The number of aromatic nitrogens is 2. The number of aryl methyl sites for hydroxylation is 1. The van der Waals surface area contributed by atoms with Crippen LogP contribution in [0.15, 0.2) is 53.5 Å². The van der Waals surface area contributed by atoms with Crippen LogP contribution < -0.4 is 15.0 Å². The highest BCUT2D eigenvalue weighted by molar-refractivity contribution is 5.91. The largest absolute Gasteiger partial charge is 0.493 e. The molecule has 6 nitrogen and oxygen atoms in total. The van der Waals surface area contributed by atoms with Crippen molar-refractivity contribution < 1.29 is 14.3 Å². The maximum absolute atomic E-state index is 12.4. The van der Waals surface area contributed by atoms with Gasteiger partial charge in [0.1, 0.15) is 11.4 Å². The summed E-state index contributed by atoms with van der Waals surface area (Å²) in [4.78, 5) is 28.9. The zero-order chi connectivity index (χ0) is 18.7. The third-order valence-corrected chi connectivity index (χ3v) is 3.71. The molecule has 0 N–H and O–H groups in total. The van der Waals surface area contributed by atoms with E-state index in [9.17, 15) is 9.59 Å². The molecular weight excluding hydrogens is 332 g/mol. The Morgan fingerprint density at radius 2 is 2.00 bits per heavy atom. The summed E-state index contributed by atoms with van der Waals surface area (Å²) < 4.78 is 12.3. The molecule has 0 aliphatic rings. The van der Waals surface area contributed by atoms with Crippen molar-refractivity contribution in [2.45, 2.75) is 20.8 Å². The number of carbonyl (C=O) groups is 1. The maximum Gasteiger partial charge on any atom is 0.344 e.